The van der Waals surface area contributed by atoms with Gasteiger partial charge in [0, 0.05) is 59.5 Å². The van der Waals surface area contributed by atoms with Gasteiger partial charge in [0.15, 0.2) is 0 Å². The zero-order valence-electron chi connectivity index (χ0n) is 18.1. The molecule has 0 radical (unpaired) electrons. The normalized spacial score (nSPS) is 17.6. The second-order valence-electron chi connectivity index (χ2n) is 8.21. The first kappa shape index (κ1) is 22.9. The van der Waals surface area contributed by atoms with Crippen LogP contribution < -0.4 is 5.69 Å². The standard InChI is InChI=1S/C24H24Cl2N4OS/c1-16(2)30-22(32-20-12-18(25)11-19(26)13-20)21(29(3)23(30)31)15-24(7-4-8-28-24)14-17-5-9-27-10-6-17/h4-13,16H,14-15H2,1-3H3. The summed E-state index contributed by atoms with van der Waals surface area (Å²) in [7, 11) is 1.83. The summed E-state index contributed by atoms with van der Waals surface area (Å²) in [4.78, 5) is 23.0. The Labute approximate surface area is 201 Å². The van der Waals surface area contributed by atoms with E-state index in [1.54, 1.807) is 23.0 Å². The zero-order valence-corrected chi connectivity index (χ0v) is 20.5. The molecule has 4 rings (SSSR count). The predicted octanol–water partition coefficient (Wildman–Crippen LogP) is 5.79. The third-order valence-electron chi connectivity index (χ3n) is 5.49. The van der Waals surface area contributed by atoms with Crippen LogP contribution in [0.4, 0.5) is 0 Å². The Bertz CT molecular complexity index is 1210. The largest absolute Gasteiger partial charge is 0.329 e. The van der Waals surface area contributed by atoms with Gasteiger partial charge in [-0.1, -0.05) is 41.0 Å². The lowest BCUT2D eigenvalue weighted by Gasteiger charge is -2.25. The van der Waals surface area contributed by atoms with Crippen LogP contribution in [-0.2, 0) is 19.9 Å². The van der Waals surface area contributed by atoms with Crippen LogP contribution >= 0.6 is 35.0 Å². The fourth-order valence-electron chi connectivity index (χ4n) is 3.98. The average molecular weight is 487 g/mol. The molecule has 0 amide bonds. The molecule has 166 valence electrons. The van der Waals surface area contributed by atoms with E-state index in [4.69, 9.17) is 28.2 Å². The molecular formula is C24H24Cl2N4OS. The first-order valence-electron chi connectivity index (χ1n) is 10.3. The van der Waals surface area contributed by atoms with Gasteiger partial charge in [-0.15, -0.1) is 0 Å². The van der Waals surface area contributed by atoms with Gasteiger partial charge in [0.1, 0.15) is 5.03 Å². The number of allylic oxidation sites excluding steroid dienone is 1. The summed E-state index contributed by atoms with van der Waals surface area (Å²) in [6, 6.07) is 9.44. The van der Waals surface area contributed by atoms with E-state index < -0.39 is 5.54 Å². The van der Waals surface area contributed by atoms with Gasteiger partial charge in [-0.2, -0.15) is 0 Å². The van der Waals surface area contributed by atoms with E-state index in [9.17, 15) is 4.79 Å². The van der Waals surface area contributed by atoms with E-state index in [0.717, 1.165) is 27.6 Å². The summed E-state index contributed by atoms with van der Waals surface area (Å²) >= 11 is 14.0. The Morgan fingerprint density at radius 2 is 1.78 bits per heavy atom. The molecular weight excluding hydrogens is 463 g/mol. The van der Waals surface area contributed by atoms with Crippen LogP contribution in [-0.4, -0.2) is 25.9 Å². The van der Waals surface area contributed by atoms with Crippen LogP contribution in [0.1, 0.15) is 31.1 Å². The molecule has 3 heterocycles. The topological polar surface area (TPSA) is 52.2 Å². The molecule has 1 aromatic carbocycles. The lowest BCUT2D eigenvalue weighted by atomic mass is 9.88. The van der Waals surface area contributed by atoms with Crippen molar-refractivity contribution in [2.75, 3.05) is 0 Å². The van der Waals surface area contributed by atoms with Crippen molar-refractivity contribution in [3.05, 3.63) is 86.7 Å². The summed E-state index contributed by atoms with van der Waals surface area (Å²) < 4.78 is 3.57. The summed E-state index contributed by atoms with van der Waals surface area (Å²) in [6.07, 6.45) is 10.8. The van der Waals surface area contributed by atoms with Crippen LogP contribution in [0.2, 0.25) is 10.0 Å². The van der Waals surface area contributed by atoms with Gasteiger partial charge >= 0.3 is 5.69 Å². The van der Waals surface area contributed by atoms with E-state index >= 15 is 0 Å². The third kappa shape index (κ3) is 4.72. The van der Waals surface area contributed by atoms with Gasteiger partial charge < -0.3 is 0 Å². The molecule has 0 bridgehead atoms. The van der Waals surface area contributed by atoms with Gasteiger partial charge in [0.25, 0.3) is 0 Å². The summed E-state index contributed by atoms with van der Waals surface area (Å²) in [6.45, 7) is 4.03. The maximum Gasteiger partial charge on any atom is 0.329 e. The van der Waals surface area contributed by atoms with Crippen LogP contribution in [0.25, 0.3) is 0 Å². The molecule has 0 N–H and O–H groups in total. The SMILES string of the molecule is CC(C)n1c(Sc2cc(Cl)cc(Cl)c2)c(CC2(Cc3ccncc3)C=CC=N2)n(C)c1=O. The predicted molar refractivity (Wildman–Crippen MR) is 133 cm³/mol. The molecule has 1 aliphatic heterocycles. The zero-order chi connectivity index (χ0) is 22.9. The minimum Gasteiger partial charge on any atom is -0.298 e. The second kappa shape index (κ2) is 9.30. The van der Waals surface area contributed by atoms with Crippen molar-refractivity contribution in [1.82, 2.24) is 14.1 Å². The molecule has 1 atom stereocenters. The van der Waals surface area contributed by atoms with E-state index in [1.165, 1.54) is 11.8 Å². The first-order valence-corrected chi connectivity index (χ1v) is 11.9. The highest BCUT2D eigenvalue weighted by Crippen LogP contribution is 2.37. The van der Waals surface area contributed by atoms with Crippen molar-refractivity contribution in [3.8, 4) is 0 Å². The van der Waals surface area contributed by atoms with E-state index in [0.29, 0.717) is 16.5 Å². The van der Waals surface area contributed by atoms with Crippen LogP contribution in [0.15, 0.2) is 74.6 Å². The smallest absolute Gasteiger partial charge is 0.298 e. The number of aliphatic imine (C=N–C) groups is 1. The molecule has 1 unspecified atom stereocenters. The minimum absolute atomic E-state index is 0.00150. The molecule has 32 heavy (non-hydrogen) atoms. The number of aromatic nitrogens is 3. The fraction of sp³-hybridized carbons (Fsp3) is 0.292. The second-order valence-corrected chi connectivity index (χ2v) is 10.1. The monoisotopic (exact) mass is 486 g/mol. The number of halogens is 2. The highest BCUT2D eigenvalue weighted by Gasteiger charge is 2.33. The molecule has 0 spiro atoms. The molecule has 2 aromatic heterocycles. The Kier molecular flexibility index (Phi) is 6.65. The average Bonchev–Trinajstić information content (AvgIpc) is 3.27. The Hall–Kier alpha value is -2.28. The van der Waals surface area contributed by atoms with Crippen molar-refractivity contribution in [2.24, 2.45) is 12.0 Å². The summed E-state index contributed by atoms with van der Waals surface area (Å²) in [5.41, 5.74) is 1.57. The maximum atomic E-state index is 13.2. The van der Waals surface area contributed by atoms with Crippen LogP contribution in [0.5, 0.6) is 0 Å². The number of benzene rings is 1. The Morgan fingerprint density at radius 1 is 1.09 bits per heavy atom. The van der Waals surface area contributed by atoms with Gasteiger partial charge in [-0.3, -0.25) is 19.1 Å². The molecule has 8 heteroatoms. The lowest BCUT2D eigenvalue weighted by Crippen LogP contribution is -2.30. The van der Waals surface area contributed by atoms with E-state index in [2.05, 4.69) is 11.1 Å². The first-order chi connectivity index (χ1) is 15.3. The fourth-order valence-corrected chi connectivity index (χ4v) is 5.94. The van der Waals surface area contributed by atoms with Gasteiger partial charge in [0.05, 0.1) is 11.2 Å². The summed E-state index contributed by atoms with van der Waals surface area (Å²) in [5.74, 6) is 0. The van der Waals surface area contributed by atoms with E-state index in [1.807, 2.05) is 62.0 Å². The maximum absolute atomic E-state index is 13.2. The molecule has 0 aliphatic carbocycles. The van der Waals surface area contributed by atoms with Crippen molar-refractivity contribution < 1.29 is 0 Å². The highest BCUT2D eigenvalue weighted by atomic mass is 35.5. The number of hydrogen-bond acceptors (Lipinski definition) is 4. The number of nitrogens with zero attached hydrogens (tertiary/aromatic N) is 4. The van der Waals surface area contributed by atoms with Gasteiger partial charge in [-0.05, 0) is 55.8 Å². The molecule has 0 saturated heterocycles. The molecule has 3 aromatic rings. The van der Waals surface area contributed by atoms with Crippen LogP contribution in [0, 0.1) is 0 Å². The van der Waals surface area contributed by atoms with Crippen LogP contribution in [0.3, 0.4) is 0 Å². The number of hydrogen-bond donors (Lipinski definition) is 0. The van der Waals surface area contributed by atoms with Crippen molar-refractivity contribution in [1.29, 1.82) is 0 Å². The molecule has 0 fully saturated rings. The van der Waals surface area contributed by atoms with Crippen molar-refractivity contribution >= 4 is 41.2 Å². The minimum atomic E-state index is -0.462. The highest BCUT2D eigenvalue weighted by molar-refractivity contribution is 7.99. The van der Waals surface area contributed by atoms with E-state index in [-0.39, 0.29) is 11.7 Å². The van der Waals surface area contributed by atoms with Gasteiger partial charge in [-0.25, -0.2) is 4.79 Å². The Balaban J connectivity index is 1.79. The number of pyridine rings is 1. The van der Waals surface area contributed by atoms with Crippen molar-refractivity contribution in [3.63, 3.8) is 0 Å². The molecule has 0 saturated carbocycles. The van der Waals surface area contributed by atoms with Gasteiger partial charge in [0.2, 0.25) is 0 Å². The molecule has 1 aliphatic rings. The Morgan fingerprint density at radius 3 is 2.38 bits per heavy atom. The third-order valence-corrected chi connectivity index (χ3v) is 7.02. The number of imidazole rings is 1. The quantitative estimate of drug-likeness (QED) is 0.424. The molecule has 5 nitrogen and oxygen atoms in total. The number of rotatable bonds is 7. The lowest BCUT2D eigenvalue weighted by molar-refractivity contribution is 0.508. The van der Waals surface area contributed by atoms with Crippen molar-refractivity contribution in [2.45, 2.75) is 48.2 Å². The summed E-state index contributed by atoms with van der Waals surface area (Å²) in [5, 5.41) is 2.01.